The normalized spacial score (nSPS) is 13.2. The molecule has 0 spiro atoms. The lowest BCUT2D eigenvalue weighted by molar-refractivity contribution is -0.130. The zero-order chi connectivity index (χ0) is 32.5. The lowest BCUT2D eigenvalue weighted by atomic mass is 10.00. The van der Waals surface area contributed by atoms with Gasteiger partial charge in [-0.3, -0.25) is 14.2 Å². The second-order valence-electron chi connectivity index (χ2n) is 12.4. The Morgan fingerprint density at radius 1 is 0.773 bits per heavy atom. The molecule has 9 heteroatoms. The number of aryl methyl sites for hydroxylation is 2. The minimum atomic E-state index is -3.69. The van der Waals surface area contributed by atoms with Gasteiger partial charge in [0.05, 0.1) is 6.04 Å². The maximum atomic E-state index is 14.7. The molecule has 0 aliphatic carbocycles. The van der Waals surface area contributed by atoms with Crippen molar-refractivity contribution in [2.75, 3.05) is 6.61 Å². The molecule has 44 heavy (non-hydrogen) atoms. The molecule has 3 aromatic carbocycles. The van der Waals surface area contributed by atoms with Crippen LogP contribution in [0.5, 0.6) is 0 Å². The van der Waals surface area contributed by atoms with E-state index in [1.807, 2.05) is 82.3 Å². The van der Waals surface area contributed by atoms with Crippen LogP contribution in [0.15, 0.2) is 78.9 Å². The van der Waals surface area contributed by atoms with Gasteiger partial charge in [-0.1, -0.05) is 80.6 Å². The Morgan fingerprint density at radius 3 is 1.80 bits per heavy atom. The number of carbonyl (C=O) groups is 3. The van der Waals surface area contributed by atoms with E-state index < -0.39 is 49.4 Å². The van der Waals surface area contributed by atoms with Crippen molar-refractivity contribution in [3.8, 4) is 0 Å². The Morgan fingerprint density at radius 2 is 1.30 bits per heavy atom. The average molecular weight is 621 g/mol. The van der Waals surface area contributed by atoms with E-state index in [-0.39, 0.29) is 12.3 Å². The molecule has 0 saturated carbocycles. The summed E-state index contributed by atoms with van der Waals surface area (Å²) in [6, 6.07) is 21.9. The second-order valence-corrected chi connectivity index (χ2v) is 14.8. The number of hydrogen-bond acceptors (Lipinski definition) is 6. The van der Waals surface area contributed by atoms with Gasteiger partial charge in [0.15, 0.2) is 5.78 Å². The van der Waals surface area contributed by atoms with E-state index >= 15 is 0 Å². The molecular formula is C35H45N2O6P. The van der Waals surface area contributed by atoms with Gasteiger partial charge in [-0.25, -0.2) is 4.79 Å². The third-order valence-corrected chi connectivity index (χ3v) is 9.72. The molecule has 0 fully saturated rings. The highest BCUT2D eigenvalue weighted by Gasteiger charge is 2.35. The van der Waals surface area contributed by atoms with Crippen molar-refractivity contribution in [3.63, 3.8) is 0 Å². The Labute approximate surface area is 261 Å². The van der Waals surface area contributed by atoms with E-state index in [0.29, 0.717) is 17.0 Å². The molecular weight excluding hydrogens is 575 g/mol. The molecule has 0 saturated heterocycles. The van der Waals surface area contributed by atoms with Crippen molar-refractivity contribution in [2.45, 2.75) is 79.0 Å². The predicted octanol–water partition coefficient (Wildman–Crippen LogP) is 5.78. The van der Waals surface area contributed by atoms with Gasteiger partial charge in [-0.2, -0.15) is 0 Å². The largest absolute Gasteiger partial charge is 0.444 e. The van der Waals surface area contributed by atoms with E-state index in [2.05, 4.69) is 10.6 Å². The number of amides is 2. The van der Waals surface area contributed by atoms with Crippen LogP contribution in [0.25, 0.3) is 0 Å². The molecule has 0 aromatic heterocycles. The number of ketones is 1. The molecule has 236 valence electrons. The fraction of sp³-hybridized carbons (Fsp3) is 0.400. The van der Waals surface area contributed by atoms with Gasteiger partial charge in [0, 0.05) is 10.6 Å². The van der Waals surface area contributed by atoms with Crippen LogP contribution in [-0.4, -0.2) is 42.1 Å². The number of alkyl carbamates (subject to hydrolysis) is 1. The predicted molar refractivity (Wildman–Crippen MR) is 175 cm³/mol. The summed E-state index contributed by atoms with van der Waals surface area (Å²) < 4.78 is 26.2. The monoisotopic (exact) mass is 620 g/mol. The molecule has 0 aliphatic heterocycles. The minimum absolute atomic E-state index is 0.0707. The van der Waals surface area contributed by atoms with E-state index in [9.17, 15) is 18.9 Å². The summed E-state index contributed by atoms with van der Waals surface area (Å²) >= 11 is 0. The molecule has 0 unspecified atom stereocenters. The van der Waals surface area contributed by atoms with E-state index in [0.717, 1.165) is 16.7 Å². The molecule has 2 amide bonds. The van der Waals surface area contributed by atoms with Crippen LogP contribution in [-0.2, 0) is 29.8 Å². The summed E-state index contributed by atoms with van der Waals surface area (Å²) in [4.78, 5) is 40.0. The summed E-state index contributed by atoms with van der Waals surface area (Å²) in [6.45, 7) is 12.3. The van der Waals surface area contributed by atoms with Gasteiger partial charge >= 0.3 is 6.09 Å². The van der Waals surface area contributed by atoms with Crippen LogP contribution in [0.3, 0.4) is 0 Å². The van der Waals surface area contributed by atoms with Gasteiger partial charge in [0.25, 0.3) is 7.37 Å². The summed E-state index contributed by atoms with van der Waals surface area (Å²) in [5.41, 5.74) is 1.65. The first kappa shape index (κ1) is 34.7. The lowest BCUT2D eigenvalue weighted by Gasteiger charge is -2.27. The van der Waals surface area contributed by atoms with Crippen LogP contribution < -0.4 is 21.2 Å². The Balaban J connectivity index is 1.90. The van der Waals surface area contributed by atoms with Crippen LogP contribution in [0.4, 0.5) is 4.79 Å². The number of benzene rings is 3. The molecule has 3 aromatic rings. The molecule has 0 radical (unpaired) electrons. The number of ether oxygens (including phenoxy) is 1. The van der Waals surface area contributed by atoms with Gasteiger partial charge < -0.3 is 19.9 Å². The van der Waals surface area contributed by atoms with Crippen molar-refractivity contribution in [2.24, 2.45) is 5.92 Å². The topological polar surface area (TPSA) is 111 Å². The number of Topliss-reactive ketones (excluding diaryl/α,β-unsaturated/α-hetero) is 1. The first-order valence-corrected chi connectivity index (χ1v) is 16.6. The van der Waals surface area contributed by atoms with Crippen LogP contribution >= 0.6 is 7.37 Å². The van der Waals surface area contributed by atoms with E-state index in [4.69, 9.17) is 9.26 Å². The molecule has 0 aliphatic rings. The third-order valence-electron chi connectivity index (χ3n) is 6.96. The van der Waals surface area contributed by atoms with Crippen molar-refractivity contribution >= 4 is 35.8 Å². The zero-order valence-corrected chi connectivity index (χ0v) is 27.7. The van der Waals surface area contributed by atoms with Crippen molar-refractivity contribution in [1.82, 2.24) is 10.6 Å². The quantitative estimate of drug-likeness (QED) is 0.234. The fourth-order valence-corrected chi connectivity index (χ4v) is 7.32. The average Bonchev–Trinajstić information content (AvgIpc) is 2.95. The summed E-state index contributed by atoms with van der Waals surface area (Å²) in [7, 11) is -3.69. The van der Waals surface area contributed by atoms with Crippen molar-refractivity contribution in [3.05, 3.63) is 95.6 Å². The highest BCUT2D eigenvalue weighted by molar-refractivity contribution is 7.74. The lowest BCUT2D eigenvalue weighted by Crippen LogP contribution is -2.53. The Bertz CT molecular complexity index is 1430. The standard InChI is InChI=1S/C35H45N2O6P/c1-24(2)21-29(37-34(40)43-35(5,6)7)33(39)36-28(22-27-17-9-8-10-18-27)30(38)23-42-44(41,31-19-13-11-15-25(31)3)32-20-14-12-16-26(32)4/h8-20,24,28-29H,21-23H2,1-7H3,(H,36,39)(H,37,40)/t28-,29-/m0/s1. The summed E-state index contributed by atoms with van der Waals surface area (Å²) in [6.07, 6.45) is -0.192. The van der Waals surface area contributed by atoms with Crippen LogP contribution in [0, 0.1) is 19.8 Å². The first-order chi connectivity index (χ1) is 20.7. The molecule has 8 nitrogen and oxygen atoms in total. The summed E-state index contributed by atoms with van der Waals surface area (Å²) in [5, 5.41) is 6.55. The fourth-order valence-electron chi connectivity index (χ4n) is 4.83. The van der Waals surface area contributed by atoms with Gasteiger partial charge in [-0.05, 0) is 82.2 Å². The first-order valence-electron chi connectivity index (χ1n) is 14.9. The summed E-state index contributed by atoms with van der Waals surface area (Å²) in [5.74, 6) is -0.883. The molecule has 2 N–H and O–H groups in total. The molecule has 0 bridgehead atoms. The van der Waals surface area contributed by atoms with Gasteiger partial charge in [0.2, 0.25) is 5.91 Å². The van der Waals surface area contributed by atoms with Crippen molar-refractivity contribution in [1.29, 1.82) is 0 Å². The number of hydrogen-bond donors (Lipinski definition) is 2. The molecule has 2 atom stereocenters. The Kier molecular flexibility index (Phi) is 12.1. The zero-order valence-electron chi connectivity index (χ0n) is 26.8. The molecule has 0 heterocycles. The smallest absolute Gasteiger partial charge is 0.408 e. The van der Waals surface area contributed by atoms with E-state index in [1.54, 1.807) is 45.0 Å². The van der Waals surface area contributed by atoms with Crippen molar-refractivity contribution < 1.29 is 28.2 Å². The van der Waals surface area contributed by atoms with Gasteiger partial charge in [0.1, 0.15) is 18.2 Å². The number of rotatable bonds is 13. The van der Waals surface area contributed by atoms with Crippen LogP contribution in [0.1, 0.15) is 57.7 Å². The van der Waals surface area contributed by atoms with Gasteiger partial charge in [-0.15, -0.1) is 0 Å². The Hall–Kier alpha value is -3.74. The highest BCUT2D eigenvalue weighted by Crippen LogP contribution is 2.46. The third kappa shape index (κ3) is 9.90. The highest BCUT2D eigenvalue weighted by atomic mass is 31.2. The molecule has 3 rings (SSSR count). The maximum Gasteiger partial charge on any atom is 0.408 e. The number of carbonyl (C=O) groups excluding carboxylic acids is 3. The maximum absolute atomic E-state index is 14.7. The minimum Gasteiger partial charge on any atom is -0.444 e. The second kappa shape index (κ2) is 15.3. The SMILES string of the molecule is Cc1ccccc1P(=O)(OCC(=O)[C@H](Cc1ccccc1)NC(=O)[C@H](CC(C)C)NC(=O)OC(C)(C)C)c1ccccc1C. The number of nitrogens with one attached hydrogen (secondary N) is 2. The van der Waals surface area contributed by atoms with Crippen LogP contribution in [0.2, 0.25) is 0 Å². The van der Waals surface area contributed by atoms with E-state index in [1.165, 1.54) is 0 Å².